The highest BCUT2D eigenvalue weighted by Crippen LogP contribution is 2.07. The molecule has 6 nitrogen and oxygen atoms in total. The van der Waals surface area contributed by atoms with Gasteiger partial charge in [-0.2, -0.15) is 0 Å². The molecular weight excluding hydrogens is 212 g/mol. The van der Waals surface area contributed by atoms with Gasteiger partial charge in [0.25, 0.3) is 0 Å². The van der Waals surface area contributed by atoms with Gasteiger partial charge in [0.2, 0.25) is 5.91 Å². The van der Waals surface area contributed by atoms with Crippen molar-refractivity contribution in [3.63, 3.8) is 0 Å². The molecule has 0 aromatic rings. The van der Waals surface area contributed by atoms with Crippen molar-refractivity contribution in [1.29, 1.82) is 0 Å². The van der Waals surface area contributed by atoms with E-state index in [-0.39, 0.29) is 5.91 Å². The average molecular weight is 230 g/mol. The third kappa shape index (κ3) is 3.46. The fourth-order valence-electron chi connectivity index (χ4n) is 1.74. The molecule has 0 radical (unpaired) electrons. The highest BCUT2D eigenvalue weighted by molar-refractivity contribution is 5.87. The average Bonchev–Trinajstić information content (AvgIpc) is 2.64. The first-order chi connectivity index (χ1) is 7.54. The molecule has 0 spiro atoms. The van der Waals surface area contributed by atoms with Crippen LogP contribution in [0.3, 0.4) is 0 Å². The first-order valence-corrected chi connectivity index (χ1v) is 5.49. The molecule has 0 aromatic heterocycles. The van der Waals surface area contributed by atoms with Crippen LogP contribution < -0.4 is 10.6 Å². The Kier molecular flexibility index (Phi) is 4.70. The van der Waals surface area contributed by atoms with Gasteiger partial charge >= 0.3 is 5.97 Å². The zero-order chi connectivity index (χ0) is 12.1. The van der Waals surface area contributed by atoms with Crippen LogP contribution in [0.5, 0.6) is 0 Å². The van der Waals surface area contributed by atoms with E-state index in [1.165, 1.54) is 0 Å². The summed E-state index contributed by atoms with van der Waals surface area (Å²) < 4.78 is 0. The topological polar surface area (TPSA) is 98.7 Å². The quantitative estimate of drug-likeness (QED) is 0.489. The van der Waals surface area contributed by atoms with Crippen LogP contribution in [0.1, 0.15) is 26.2 Å². The summed E-state index contributed by atoms with van der Waals surface area (Å²) in [5.41, 5.74) is 0. The lowest BCUT2D eigenvalue weighted by Crippen LogP contribution is -2.48. The van der Waals surface area contributed by atoms with E-state index in [9.17, 15) is 14.7 Å². The lowest BCUT2D eigenvalue weighted by Gasteiger charge is -2.16. The van der Waals surface area contributed by atoms with Crippen LogP contribution in [-0.2, 0) is 9.59 Å². The van der Waals surface area contributed by atoms with Crippen molar-refractivity contribution in [2.24, 2.45) is 0 Å². The number of carbonyl (C=O) groups is 2. The van der Waals surface area contributed by atoms with Crippen LogP contribution >= 0.6 is 0 Å². The highest BCUT2D eigenvalue weighted by Gasteiger charge is 2.30. The zero-order valence-corrected chi connectivity index (χ0v) is 9.27. The second-order valence-corrected chi connectivity index (χ2v) is 4.04. The van der Waals surface area contributed by atoms with E-state index in [1.807, 2.05) is 6.92 Å². The van der Waals surface area contributed by atoms with Crippen LogP contribution in [-0.4, -0.2) is 46.8 Å². The maximum absolute atomic E-state index is 11.6. The van der Waals surface area contributed by atoms with E-state index < -0.39 is 24.2 Å². The van der Waals surface area contributed by atoms with Crippen LogP contribution in [0.15, 0.2) is 0 Å². The van der Waals surface area contributed by atoms with Gasteiger partial charge in [0.1, 0.15) is 6.04 Å². The number of rotatable bonds is 5. The fourth-order valence-corrected chi connectivity index (χ4v) is 1.74. The predicted molar refractivity (Wildman–Crippen MR) is 56.9 cm³/mol. The smallest absolute Gasteiger partial charge is 0.326 e. The number of amides is 1. The Labute approximate surface area is 94.0 Å². The van der Waals surface area contributed by atoms with Crippen molar-refractivity contribution in [2.45, 2.75) is 44.4 Å². The Morgan fingerprint density at radius 3 is 2.69 bits per heavy atom. The number of aliphatic hydroxyl groups is 1. The number of aliphatic hydroxyl groups excluding tert-OH is 1. The maximum Gasteiger partial charge on any atom is 0.326 e. The van der Waals surface area contributed by atoms with Crippen LogP contribution in [0.4, 0.5) is 0 Å². The van der Waals surface area contributed by atoms with Crippen LogP contribution in [0.2, 0.25) is 0 Å². The number of hydrogen-bond donors (Lipinski definition) is 4. The molecule has 0 bridgehead atoms. The molecular formula is C10H18N2O4. The number of nitrogens with one attached hydrogen (secondary N) is 2. The molecule has 2 unspecified atom stereocenters. The SMILES string of the molecule is CCC[C@H](NC(=O)C1CC(O)CN1)C(=O)O. The number of carboxylic acids is 1. The van der Waals surface area contributed by atoms with Gasteiger partial charge < -0.3 is 20.8 Å². The van der Waals surface area contributed by atoms with Crippen molar-refractivity contribution >= 4 is 11.9 Å². The molecule has 1 heterocycles. The molecule has 4 N–H and O–H groups in total. The van der Waals surface area contributed by atoms with Gasteiger partial charge in [-0.25, -0.2) is 4.79 Å². The normalized spacial score (nSPS) is 26.4. The predicted octanol–water partition coefficient (Wildman–Crippen LogP) is -0.921. The van der Waals surface area contributed by atoms with Crippen LogP contribution in [0.25, 0.3) is 0 Å². The summed E-state index contributed by atoms with van der Waals surface area (Å²) >= 11 is 0. The molecule has 0 aliphatic carbocycles. The second-order valence-electron chi connectivity index (χ2n) is 4.04. The van der Waals surface area contributed by atoms with E-state index in [0.29, 0.717) is 25.8 Å². The summed E-state index contributed by atoms with van der Waals surface area (Å²) in [6.07, 6.45) is 0.920. The Balaban J connectivity index is 2.45. The minimum absolute atomic E-state index is 0.338. The third-order valence-electron chi connectivity index (χ3n) is 2.62. The van der Waals surface area contributed by atoms with E-state index >= 15 is 0 Å². The summed E-state index contributed by atoms with van der Waals surface area (Å²) in [5.74, 6) is -1.37. The number of hydrogen-bond acceptors (Lipinski definition) is 4. The van der Waals surface area contributed by atoms with Crippen LogP contribution in [0, 0.1) is 0 Å². The molecule has 1 amide bonds. The van der Waals surface area contributed by atoms with Gasteiger partial charge in [-0.3, -0.25) is 4.79 Å². The van der Waals surface area contributed by atoms with E-state index in [1.54, 1.807) is 0 Å². The highest BCUT2D eigenvalue weighted by atomic mass is 16.4. The van der Waals surface area contributed by atoms with Crippen molar-refractivity contribution in [3.05, 3.63) is 0 Å². The molecule has 6 heteroatoms. The Bertz CT molecular complexity index is 270. The molecule has 16 heavy (non-hydrogen) atoms. The zero-order valence-electron chi connectivity index (χ0n) is 9.27. The minimum Gasteiger partial charge on any atom is -0.480 e. The summed E-state index contributed by atoms with van der Waals surface area (Å²) in [6, 6.07) is -1.31. The molecule has 1 fully saturated rings. The third-order valence-corrected chi connectivity index (χ3v) is 2.62. The summed E-state index contributed by atoms with van der Waals surface area (Å²) in [6.45, 7) is 2.24. The summed E-state index contributed by atoms with van der Waals surface area (Å²) in [5, 5.41) is 23.4. The largest absolute Gasteiger partial charge is 0.480 e. The van der Waals surface area contributed by atoms with Gasteiger partial charge in [0, 0.05) is 6.54 Å². The molecule has 0 saturated carbocycles. The van der Waals surface area contributed by atoms with Crippen molar-refractivity contribution < 1.29 is 19.8 Å². The molecule has 1 rings (SSSR count). The van der Waals surface area contributed by atoms with E-state index in [0.717, 1.165) is 0 Å². The first kappa shape index (κ1) is 12.9. The van der Waals surface area contributed by atoms with Gasteiger partial charge in [-0.1, -0.05) is 13.3 Å². The molecule has 3 atom stereocenters. The molecule has 1 aliphatic rings. The first-order valence-electron chi connectivity index (χ1n) is 5.49. The van der Waals surface area contributed by atoms with Crippen molar-refractivity contribution in [1.82, 2.24) is 10.6 Å². The Morgan fingerprint density at radius 2 is 2.25 bits per heavy atom. The lowest BCUT2D eigenvalue weighted by atomic mass is 10.1. The lowest BCUT2D eigenvalue weighted by molar-refractivity contribution is -0.142. The van der Waals surface area contributed by atoms with E-state index in [4.69, 9.17) is 5.11 Å². The van der Waals surface area contributed by atoms with Gasteiger partial charge in [0.05, 0.1) is 12.1 Å². The standard InChI is InChI=1S/C10H18N2O4/c1-2-3-7(10(15)16)12-9(14)8-4-6(13)5-11-8/h6-8,11,13H,2-5H2,1H3,(H,12,14)(H,15,16)/t6?,7-,8?/m0/s1. The molecule has 92 valence electrons. The molecule has 0 aromatic carbocycles. The number of carbonyl (C=O) groups excluding carboxylic acids is 1. The number of β-amino-alcohol motifs (C(OH)–C–C–N with tert-alkyl or cyclic N) is 1. The van der Waals surface area contributed by atoms with E-state index in [2.05, 4.69) is 10.6 Å². The summed E-state index contributed by atoms with van der Waals surface area (Å²) in [4.78, 5) is 22.5. The second kappa shape index (κ2) is 5.81. The van der Waals surface area contributed by atoms with Gasteiger partial charge in [0.15, 0.2) is 0 Å². The van der Waals surface area contributed by atoms with Crippen molar-refractivity contribution in [3.8, 4) is 0 Å². The Morgan fingerprint density at radius 1 is 1.56 bits per heavy atom. The summed E-state index contributed by atoms with van der Waals surface area (Å²) in [7, 11) is 0. The monoisotopic (exact) mass is 230 g/mol. The Hall–Kier alpha value is -1.14. The molecule has 1 aliphatic heterocycles. The molecule has 1 saturated heterocycles. The maximum atomic E-state index is 11.6. The van der Waals surface area contributed by atoms with Gasteiger partial charge in [-0.15, -0.1) is 0 Å². The number of aliphatic carboxylic acids is 1. The number of carboxylic acid groups (broad SMARTS) is 1. The minimum atomic E-state index is -1.02. The fraction of sp³-hybridized carbons (Fsp3) is 0.800. The van der Waals surface area contributed by atoms with Crippen molar-refractivity contribution in [2.75, 3.05) is 6.54 Å². The van der Waals surface area contributed by atoms with Gasteiger partial charge in [-0.05, 0) is 12.8 Å².